The number of hydrogen-bond donors (Lipinski definition) is 1. The Morgan fingerprint density at radius 3 is 1.70 bits per heavy atom. The molecule has 7 heteroatoms. The van der Waals surface area contributed by atoms with Crippen molar-refractivity contribution in [3.63, 3.8) is 0 Å². The van der Waals surface area contributed by atoms with Crippen LogP contribution in [0.4, 0.5) is 4.79 Å². The van der Waals surface area contributed by atoms with Gasteiger partial charge in [0.05, 0.1) is 11.1 Å². The van der Waals surface area contributed by atoms with Crippen molar-refractivity contribution in [2.45, 2.75) is 0 Å². The van der Waals surface area contributed by atoms with Crippen molar-refractivity contribution in [3.05, 3.63) is 81.9 Å². The van der Waals surface area contributed by atoms with E-state index in [2.05, 4.69) is 0 Å². The Labute approximate surface area is 152 Å². The Balaban J connectivity index is 2.01. The zero-order valence-corrected chi connectivity index (χ0v) is 13.7. The van der Waals surface area contributed by atoms with Gasteiger partial charge in [-0.3, -0.25) is 14.4 Å². The smallest absolute Gasteiger partial charge is 0.410 e. The number of hydrogen-bond acceptors (Lipinski definition) is 6. The summed E-state index contributed by atoms with van der Waals surface area (Å²) in [6, 6.07) is 12.9. The minimum atomic E-state index is -1.13. The minimum Gasteiger partial charge on any atom is -0.427 e. The Hall–Kier alpha value is -4.00. The zero-order valence-electron chi connectivity index (χ0n) is 13.7. The van der Waals surface area contributed by atoms with Crippen LogP contribution in [0.1, 0.15) is 31.8 Å². The molecular formula is C20H11NO6. The summed E-state index contributed by atoms with van der Waals surface area (Å²) >= 11 is 0. The average molecular weight is 361 g/mol. The summed E-state index contributed by atoms with van der Waals surface area (Å²) in [4.78, 5) is 48.4. The topological polar surface area (TPSA) is 113 Å². The molecule has 2 aromatic carbocycles. The van der Waals surface area contributed by atoms with Crippen molar-refractivity contribution >= 4 is 35.7 Å². The van der Waals surface area contributed by atoms with E-state index in [1.807, 2.05) is 0 Å². The summed E-state index contributed by atoms with van der Waals surface area (Å²) in [6.45, 7) is 0.173. The first-order valence-corrected chi connectivity index (χ1v) is 7.89. The Bertz CT molecular complexity index is 1110. The van der Waals surface area contributed by atoms with Gasteiger partial charge in [-0.15, -0.1) is 0 Å². The molecule has 0 atom stereocenters. The third-order valence-corrected chi connectivity index (χ3v) is 4.36. The number of nitrogens with two attached hydrogens (primary N) is 1. The Morgan fingerprint density at radius 1 is 0.778 bits per heavy atom. The van der Waals surface area contributed by atoms with Crippen molar-refractivity contribution in [1.82, 2.24) is 0 Å². The largest absolute Gasteiger partial charge is 0.427 e. The van der Waals surface area contributed by atoms with E-state index in [9.17, 15) is 19.2 Å². The molecule has 0 bridgehead atoms. The fraction of sp³-hybridized carbons (Fsp3) is 0. The lowest BCUT2D eigenvalue weighted by Gasteiger charge is -2.08. The number of Topliss-reactive ketones (excluding diaryl/α,β-unsaturated/α-hetero) is 2. The van der Waals surface area contributed by atoms with Gasteiger partial charge in [0.1, 0.15) is 0 Å². The van der Waals surface area contributed by atoms with Crippen LogP contribution in [0.2, 0.25) is 0 Å². The van der Waals surface area contributed by atoms with E-state index in [0.717, 1.165) is 0 Å². The normalized spacial score (nSPS) is 15.0. The third-order valence-electron chi connectivity index (χ3n) is 4.36. The summed E-state index contributed by atoms with van der Waals surface area (Å²) in [7, 11) is 0. The molecule has 0 unspecified atom stereocenters. The van der Waals surface area contributed by atoms with Gasteiger partial charge in [0.25, 0.3) is 6.47 Å². The SMILES string of the molecule is NC(=O)OC1=C(C2=C(OC=O)c3ccccc3C2=O)C(=O)c2ccccc21. The van der Waals surface area contributed by atoms with E-state index in [0.29, 0.717) is 11.1 Å². The first-order chi connectivity index (χ1) is 13.0. The van der Waals surface area contributed by atoms with Crippen LogP contribution in [0.5, 0.6) is 0 Å². The highest BCUT2D eigenvalue weighted by atomic mass is 16.6. The molecule has 7 nitrogen and oxygen atoms in total. The van der Waals surface area contributed by atoms with Crippen molar-refractivity contribution in [2.75, 3.05) is 0 Å². The maximum absolute atomic E-state index is 13.0. The van der Waals surface area contributed by atoms with Gasteiger partial charge in [-0.2, -0.15) is 0 Å². The molecule has 0 saturated carbocycles. The highest BCUT2D eigenvalue weighted by Gasteiger charge is 2.42. The molecule has 0 spiro atoms. The van der Waals surface area contributed by atoms with Gasteiger partial charge in [0.2, 0.25) is 0 Å². The van der Waals surface area contributed by atoms with Crippen LogP contribution in [0.15, 0.2) is 59.7 Å². The molecule has 2 aliphatic carbocycles. The second-order valence-corrected chi connectivity index (χ2v) is 5.79. The average Bonchev–Trinajstić information content (AvgIpc) is 3.08. The molecule has 0 aliphatic heterocycles. The lowest BCUT2D eigenvalue weighted by Crippen LogP contribution is -2.14. The van der Waals surface area contributed by atoms with E-state index in [1.165, 1.54) is 0 Å². The lowest BCUT2D eigenvalue weighted by molar-refractivity contribution is -0.122. The molecule has 1 amide bonds. The molecule has 0 radical (unpaired) electrons. The van der Waals surface area contributed by atoms with Gasteiger partial charge in [-0.1, -0.05) is 48.5 Å². The predicted molar refractivity (Wildman–Crippen MR) is 93.2 cm³/mol. The first-order valence-electron chi connectivity index (χ1n) is 7.89. The standard InChI is InChI=1S/C20H11NO6/c21-20(25)27-19-13-8-4-2-6-11(13)17(24)15(19)14-16(23)10-5-1-3-7-12(10)18(14)26-9-22/h1-9H,(H2,21,25). The number of carbonyl (C=O) groups excluding carboxylic acids is 4. The number of rotatable bonds is 4. The number of fused-ring (bicyclic) bond motifs is 2. The number of amides is 1. The molecule has 132 valence electrons. The van der Waals surface area contributed by atoms with Gasteiger partial charge in [0.15, 0.2) is 23.1 Å². The zero-order chi connectivity index (χ0) is 19.1. The minimum absolute atomic E-state index is 0.0627. The summed E-state index contributed by atoms with van der Waals surface area (Å²) in [6.07, 6.45) is -1.13. The lowest BCUT2D eigenvalue weighted by atomic mass is 9.99. The monoisotopic (exact) mass is 361 g/mol. The molecule has 0 fully saturated rings. The highest BCUT2D eigenvalue weighted by molar-refractivity contribution is 6.34. The van der Waals surface area contributed by atoms with Gasteiger partial charge >= 0.3 is 6.09 Å². The van der Waals surface area contributed by atoms with E-state index in [1.54, 1.807) is 48.5 Å². The third kappa shape index (κ3) is 2.36. The van der Waals surface area contributed by atoms with Crippen molar-refractivity contribution in [1.29, 1.82) is 0 Å². The molecule has 2 aromatic rings. The van der Waals surface area contributed by atoms with Crippen LogP contribution in [-0.2, 0) is 14.3 Å². The number of benzene rings is 2. The van der Waals surface area contributed by atoms with E-state index in [4.69, 9.17) is 15.2 Å². The van der Waals surface area contributed by atoms with Crippen LogP contribution < -0.4 is 5.73 Å². The molecule has 27 heavy (non-hydrogen) atoms. The Morgan fingerprint density at radius 2 is 1.22 bits per heavy atom. The van der Waals surface area contributed by atoms with Gasteiger partial charge in [-0.25, -0.2) is 4.79 Å². The number of carbonyl (C=O) groups is 4. The maximum atomic E-state index is 13.0. The van der Waals surface area contributed by atoms with Crippen LogP contribution >= 0.6 is 0 Å². The summed E-state index contributed by atoms with van der Waals surface area (Å²) < 4.78 is 10.1. The predicted octanol–water partition coefficient (Wildman–Crippen LogP) is 2.47. The molecule has 0 heterocycles. The van der Waals surface area contributed by atoms with Crippen LogP contribution in [0.25, 0.3) is 11.5 Å². The summed E-state index contributed by atoms with van der Waals surface area (Å²) in [5, 5.41) is 0. The van der Waals surface area contributed by atoms with Gasteiger partial charge in [0, 0.05) is 22.3 Å². The van der Waals surface area contributed by atoms with Crippen LogP contribution in [-0.4, -0.2) is 24.1 Å². The molecule has 0 saturated heterocycles. The van der Waals surface area contributed by atoms with E-state index in [-0.39, 0.29) is 40.3 Å². The molecule has 4 rings (SSSR count). The quantitative estimate of drug-likeness (QED) is 0.837. The van der Waals surface area contributed by atoms with Crippen LogP contribution in [0, 0.1) is 0 Å². The first kappa shape index (κ1) is 16.5. The summed E-state index contributed by atoms with van der Waals surface area (Å²) in [5.41, 5.74) is 6.09. The Kier molecular flexibility index (Phi) is 3.70. The van der Waals surface area contributed by atoms with Crippen LogP contribution in [0.3, 0.4) is 0 Å². The number of allylic oxidation sites excluding steroid dienone is 2. The number of ketones is 2. The van der Waals surface area contributed by atoms with Gasteiger partial charge < -0.3 is 15.2 Å². The van der Waals surface area contributed by atoms with E-state index >= 15 is 0 Å². The molecular weight excluding hydrogens is 350 g/mol. The maximum Gasteiger partial charge on any atom is 0.410 e. The number of ether oxygens (including phenoxy) is 2. The van der Waals surface area contributed by atoms with Crippen molar-refractivity contribution < 1.29 is 28.7 Å². The highest BCUT2D eigenvalue weighted by Crippen LogP contribution is 2.44. The van der Waals surface area contributed by atoms with Crippen molar-refractivity contribution in [2.24, 2.45) is 5.73 Å². The van der Waals surface area contributed by atoms with E-state index < -0.39 is 17.7 Å². The second-order valence-electron chi connectivity index (χ2n) is 5.79. The molecule has 2 aliphatic rings. The fourth-order valence-electron chi connectivity index (χ4n) is 3.33. The summed E-state index contributed by atoms with van der Waals surface area (Å²) in [5.74, 6) is -1.23. The molecule has 2 N–H and O–H groups in total. The fourth-order valence-corrected chi connectivity index (χ4v) is 3.33. The molecule has 0 aromatic heterocycles. The van der Waals surface area contributed by atoms with Crippen molar-refractivity contribution in [3.8, 4) is 0 Å². The van der Waals surface area contributed by atoms with Gasteiger partial charge in [-0.05, 0) is 0 Å². The second kappa shape index (κ2) is 6.06. The number of primary amides is 1.